The number of hydrogen-bond acceptors (Lipinski definition) is 6. The minimum absolute atomic E-state index is 0.288. The monoisotopic (exact) mass is 389 g/mol. The fourth-order valence-electron chi connectivity index (χ4n) is 3.66. The third-order valence-electron chi connectivity index (χ3n) is 5.05. The highest BCUT2D eigenvalue weighted by Crippen LogP contribution is 2.27. The highest BCUT2D eigenvalue weighted by molar-refractivity contribution is 5.75. The predicted octanol–water partition coefficient (Wildman–Crippen LogP) is 4.22. The summed E-state index contributed by atoms with van der Waals surface area (Å²) in [5.74, 6) is 1.81. The predicted molar refractivity (Wildman–Crippen MR) is 118 cm³/mol. The summed E-state index contributed by atoms with van der Waals surface area (Å²) in [5.41, 5.74) is 11.4. The summed E-state index contributed by atoms with van der Waals surface area (Å²) in [4.78, 5) is 8.88. The van der Waals surface area contributed by atoms with E-state index in [4.69, 9.17) is 10.5 Å². The fraction of sp³-hybridized carbons (Fsp3) is 0.304. The van der Waals surface area contributed by atoms with Crippen LogP contribution in [-0.2, 0) is 0 Å². The van der Waals surface area contributed by atoms with Crippen LogP contribution in [-0.4, -0.2) is 29.2 Å². The first-order valence-electron chi connectivity index (χ1n) is 10.0. The summed E-state index contributed by atoms with van der Waals surface area (Å²) in [6, 6.07) is 14.2. The van der Waals surface area contributed by atoms with Gasteiger partial charge in [0.25, 0.3) is 0 Å². The van der Waals surface area contributed by atoms with Crippen molar-refractivity contribution in [1.29, 1.82) is 0 Å². The summed E-state index contributed by atoms with van der Waals surface area (Å²) in [6.07, 6.45) is 4.14. The van der Waals surface area contributed by atoms with E-state index >= 15 is 0 Å². The van der Waals surface area contributed by atoms with Crippen LogP contribution in [0.3, 0.4) is 0 Å². The van der Waals surface area contributed by atoms with E-state index in [2.05, 4.69) is 52.6 Å². The van der Waals surface area contributed by atoms with Crippen molar-refractivity contribution >= 4 is 17.5 Å². The number of hydrogen-bond donors (Lipinski definition) is 3. The van der Waals surface area contributed by atoms with Crippen LogP contribution in [0.25, 0.3) is 11.1 Å². The topological polar surface area (TPSA) is 85.1 Å². The molecule has 6 nitrogen and oxygen atoms in total. The van der Waals surface area contributed by atoms with Crippen LogP contribution >= 0.6 is 0 Å². The lowest BCUT2D eigenvalue weighted by Crippen LogP contribution is -2.34. The SMILES string of the molecule is Cc1cc(C)cc(-c2cnc(Nc3ccc(OC4CCNCC4)cc3)nc2N)c1. The molecule has 2 aromatic carbocycles. The normalized spacial score (nSPS) is 14.6. The molecule has 6 heteroatoms. The quantitative estimate of drug-likeness (QED) is 0.606. The van der Waals surface area contributed by atoms with Crippen LogP contribution in [0.2, 0.25) is 0 Å². The van der Waals surface area contributed by atoms with E-state index < -0.39 is 0 Å². The van der Waals surface area contributed by atoms with Crippen molar-refractivity contribution in [2.75, 3.05) is 24.1 Å². The van der Waals surface area contributed by atoms with E-state index in [1.165, 1.54) is 11.1 Å². The van der Waals surface area contributed by atoms with Gasteiger partial charge in [-0.15, -0.1) is 0 Å². The first kappa shape index (κ1) is 19.2. The van der Waals surface area contributed by atoms with E-state index in [0.717, 1.165) is 48.5 Å². The Balaban J connectivity index is 1.44. The van der Waals surface area contributed by atoms with Gasteiger partial charge in [-0.05, 0) is 69.6 Å². The van der Waals surface area contributed by atoms with Gasteiger partial charge in [-0.1, -0.05) is 29.3 Å². The molecule has 1 aromatic heterocycles. The average Bonchev–Trinajstić information content (AvgIpc) is 2.70. The third-order valence-corrected chi connectivity index (χ3v) is 5.05. The van der Waals surface area contributed by atoms with E-state index in [-0.39, 0.29) is 6.10 Å². The Kier molecular flexibility index (Phi) is 5.62. The molecule has 1 aliphatic rings. The van der Waals surface area contributed by atoms with Gasteiger partial charge in [0.1, 0.15) is 17.7 Å². The van der Waals surface area contributed by atoms with Gasteiger partial charge in [0.15, 0.2) is 0 Å². The Morgan fingerprint density at radius 3 is 2.38 bits per heavy atom. The molecule has 1 aliphatic heterocycles. The van der Waals surface area contributed by atoms with Crippen LogP contribution < -0.4 is 21.1 Å². The number of piperidine rings is 1. The van der Waals surface area contributed by atoms with Gasteiger partial charge < -0.3 is 21.1 Å². The van der Waals surface area contributed by atoms with Crippen molar-refractivity contribution in [3.63, 3.8) is 0 Å². The molecule has 4 N–H and O–H groups in total. The molecule has 1 saturated heterocycles. The van der Waals surface area contributed by atoms with Crippen LogP contribution in [0.1, 0.15) is 24.0 Å². The lowest BCUT2D eigenvalue weighted by atomic mass is 10.0. The second-order valence-corrected chi connectivity index (χ2v) is 7.59. The molecule has 1 fully saturated rings. The number of aryl methyl sites for hydroxylation is 2. The van der Waals surface area contributed by atoms with Gasteiger partial charge in [-0.25, -0.2) is 4.98 Å². The van der Waals surface area contributed by atoms with Crippen molar-refractivity contribution in [2.45, 2.75) is 32.8 Å². The molecule has 0 bridgehead atoms. The minimum Gasteiger partial charge on any atom is -0.490 e. The summed E-state index contributed by atoms with van der Waals surface area (Å²) >= 11 is 0. The standard InChI is InChI=1S/C23H27N5O/c1-15-11-16(2)13-17(12-15)21-14-26-23(28-22(21)24)27-18-3-5-19(6-4-18)29-20-7-9-25-10-8-20/h3-6,11-14,20,25H,7-10H2,1-2H3,(H3,24,26,27,28). The number of rotatable bonds is 5. The van der Waals surface area contributed by atoms with E-state index in [1.54, 1.807) is 6.20 Å². The number of anilines is 3. The molecule has 4 rings (SSSR count). The molecule has 0 unspecified atom stereocenters. The van der Waals surface area contributed by atoms with E-state index in [0.29, 0.717) is 11.8 Å². The number of nitrogens with one attached hydrogen (secondary N) is 2. The smallest absolute Gasteiger partial charge is 0.229 e. The number of ether oxygens (including phenoxy) is 1. The largest absolute Gasteiger partial charge is 0.490 e. The Bertz CT molecular complexity index is 961. The second-order valence-electron chi connectivity index (χ2n) is 7.59. The summed E-state index contributed by atoms with van der Waals surface area (Å²) in [5, 5.41) is 6.56. The first-order valence-corrected chi connectivity index (χ1v) is 10.0. The van der Waals surface area contributed by atoms with Crippen LogP contribution in [0, 0.1) is 13.8 Å². The molecular weight excluding hydrogens is 362 g/mol. The molecule has 0 aliphatic carbocycles. The maximum atomic E-state index is 6.22. The van der Waals surface area contributed by atoms with Crippen molar-refractivity contribution in [3.8, 4) is 16.9 Å². The number of nitrogens with two attached hydrogens (primary N) is 1. The summed E-state index contributed by atoms with van der Waals surface area (Å²) in [7, 11) is 0. The number of benzene rings is 2. The van der Waals surface area contributed by atoms with E-state index in [1.807, 2.05) is 24.3 Å². The fourth-order valence-corrected chi connectivity index (χ4v) is 3.66. The zero-order valence-electron chi connectivity index (χ0n) is 16.9. The maximum Gasteiger partial charge on any atom is 0.229 e. The molecule has 0 saturated carbocycles. The highest BCUT2D eigenvalue weighted by Gasteiger charge is 2.14. The number of aromatic nitrogens is 2. The molecule has 3 aromatic rings. The molecule has 0 radical (unpaired) electrons. The maximum absolute atomic E-state index is 6.22. The van der Waals surface area contributed by atoms with Gasteiger partial charge in [0, 0.05) is 17.4 Å². The van der Waals surface area contributed by atoms with Gasteiger partial charge in [0.2, 0.25) is 5.95 Å². The van der Waals surface area contributed by atoms with Crippen LogP contribution in [0.4, 0.5) is 17.5 Å². The van der Waals surface area contributed by atoms with Crippen LogP contribution in [0.5, 0.6) is 5.75 Å². The molecule has 0 atom stereocenters. The Morgan fingerprint density at radius 2 is 1.72 bits per heavy atom. The Labute approximate surface area is 171 Å². The van der Waals surface area contributed by atoms with Crippen molar-refractivity contribution in [2.24, 2.45) is 0 Å². The number of nitrogens with zero attached hydrogens (tertiary/aromatic N) is 2. The zero-order chi connectivity index (χ0) is 20.2. The highest BCUT2D eigenvalue weighted by atomic mass is 16.5. The molecular formula is C23H27N5O. The Hall–Kier alpha value is -3.12. The van der Waals surface area contributed by atoms with Crippen molar-refractivity contribution in [1.82, 2.24) is 15.3 Å². The lowest BCUT2D eigenvalue weighted by molar-refractivity contribution is 0.162. The number of nitrogen functional groups attached to an aromatic ring is 1. The molecule has 0 amide bonds. The molecule has 29 heavy (non-hydrogen) atoms. The van der Waals surface area contributed by atoms with Gasteiger partial charge in [0.05, 0.1) is 0 Å². The molecule has 150 valence electrons. The minimum atomic E-state index is 0.288. The summed E-state index contributed by atoms with van der Waals surface area (Å²) in [6.45, 7) is 6.17. The second kappa shape index (κ2) is 8.49. The van der Waals surface area contributed by atoms with Crippen molar-refractivity contribution < 1.29 is 4.74 Å². The van der Waals surface area contributed by atoms with Gasteiger partial charge >= 0.3 is 0 Å². The van der Waals surface area contributed by atoms with Crippen LogP contribution in [0.15, 0.2) is 48.7 Å². The first-order chi connectivity index (χ1) is 14.1. The lowest BCUT2D eigenvalue weighted by Gasteiger charge is -2.23. The van der Waals surface area contributed by atoms with Crippen molar-refractivity contribution in [3.05, 3.63) is 59.8 Å². The Morgan fingerprint density at radius 1 is 1.03 bits per heavy atom. The zero-order valence-corrected chi connectivity index (χ0v) is 16.9. The molecule has 0 spiro atoms. The van der Waals surface area contributed by atoms with E-state index in [9.17, 15) is 0 Å². The molecule has 2 heterocycles. The summed E-state index contributed by atoms with van der Waals surface area (Å²) < 4.78 is 6.04. The average molecular weight is 390 g/mol. The third kappa shape index (κ3) is 4.84. The van der Waals surface area contributed by atoms with Gasteiger partial charge in [-0.3, -0.25) is 0 Å². The van der Waals surface area contributed by atoms with Gasteiger partial charge in [-0.2, -0.15) is 4.98 Å².